The number of hydrogen-bond donors (Lipinski definition) is 3. The summed E-state index contributed by atoms with van der Waals surface area (Å²) < 4.78 is 5.23. The Balaban J connectivity index is 0.00000364. The molecule has 1 aromatic rings. The lowest BCUT2D eigenvalue weighted by Gasteiger charge is -2.30. The van der Waals surface area contributed by atoms with Crippen LogP contribution in [0.2, 0.25) is 0 Å². The third-order valence-electron chi connectivity index (χ3n) is 4.61. The average Bonchev–Trinajstić information content (AvgIpc) is 2.66. The summed E-state index contributed by atoms with van der Waals surface area (Å²) in [6.45, 7) is 5.42. The van der Waals surface area contributed by atoms with Crippen molar-refractivity contribution in [2.75, 3.05) is 26.0 Å². The summed E-state index contributed by atoms with van der Waals surface area (Å²) in [5.41, 5.74) is 0.820. The first-order valence-corrected chi connectivity index (χ1v) is 10.7. The topological polar surface area (TPSA) is 65.9 Å². The van der Waals surface area contributed by atoms with Crippen molar-refractivity contribution in [2.45, 2.75) is 56.9 Å². The first-order chi connectivity index (χ1) is 12.7. The van der Waals surface area contributed by atoms with E-state index >= 15 is 0 Å². The van der Waals surface area contributed by atoms with Gasteiger partial charge < -0.3 is 20.5 Å². The predicted octanol–water partition coefficient (Wildman–Crippen LogP) is 3.97. The number of halogens is 1. The monoisotopic (exact) mass is 507 g/mol. The number of nitrogens with one attached hydrogen (secondary N) is 2. The molecule has 1 aliphatic carbocycles. The van der Waals surface area contributed by atoms with E-state index in [4.69, 9.17) is 4.74 Å². The van der Waals surface area contributed by atoms with Crippen LogP contribution in [0.15, 0.2) is 29.3 Å². The molecule has 0 spiro atoms. The van der Waals surface area contributed by atoms with Crippen molar-refractivity contribution in [3.05, 3.63) is 29.8 Å². The van der Waals surface area contributed by atoms with Crippen LogP contribution in [-0.4, -0.2) is 48.3 Å². The van der Waals surface area contributed by atoms with Gasteiger partial charge in [0.15, 0.2) is 5.96 Å². The van der Waals surface area contributed by atoms with Crippen molar-refractivity contribution >= 4 is 41.7 Å². The minimum absolute atomic E-state index is 0. The standard InChI is InChI=1S/C20H33N3O2S.HI/c1-4-21-20(23-16-9-7-11-18(13-16)26-5-2)22-14-19(24)15-8-6-10-17(12-15)25-3;/h6,8,10,12,16,18-19,24H,4-5,7,9,11,13-14H2,1-3H3,(H2,21,22,23);1H. The van der Waals surface area contributed by atoms with E-state index in [2.05, 4.69) is 41.2 Å². The van der Waals surface area contributed by atoms with Gasteiger partial charge in [-0.25, -0.2) is 0 Å². The predicted molar refractivity (Wildman–Crippen MR) is 127 cm³/mol. The fourth-order valence-corrected chi connectivity index (χ4v) is 4.48. The molecule has 1 saturated carbocycles. The Kier molecular flexibility index (Phi) is 12.2. The molecule has 3 atom stereocenters. The number of methoxy groups -OCH3 is 1. The lowest BCUT2D eigenvalue weighted by atomic mass is 9.95. The van der Waals surface area contributed by atoms with Crippen LogP contribution in [0.3, 0.4) is 0 Å². The number of aliphatic hydroxyl groups excluding tert-OH is 1. The van der Waals surface area contributed by atoms with Crippen molar-refractivity contribution in [1.82, 2.24) is 10.6 Å². The van der Waals surface area contributed by atoms with E-state index in [0.29, 0.717) is 12.6 Å². The quantitative estimate of drug-likeness (QED) is 0.283. The second-order valence-corrected chi connectivity index (χ2v) is 8.17. The molecule has 1 aromatic carbocycles. The highest BCUT2D eigenvalue weighted by molar-refractivity contribution is 14.0. The molecule has 3 unspecified atom stereocenters. The fourth-order valence-electron chi connectivity index (χ4n) is 3.31. The third kappa shape index (κ3) is 8.48. The van der Waals surface area contributed by atoms with Crippen LogP contribution >= 0.6 is 35.7 Å². The number of benzene rings is 1. The van der Waals surface area contributed by atoms with Crippen molar-refractivity contribution in [3.63, 3.8) is 0 Å². The first kappa shape index (κ1) is 24.4. The maximum Gasteiger partial charge on any atom is 0.191 e. The number of aliphatic imine (C=N–C) groups is 1. The van der Waals surface area contributed by atoms with Gasteiger partial charge in [-0.15, -0.1) is 24.0 Å². The number of nitrogens with zero attached hydrogens (tertiary/aromatic N) is 1. The molecule has 0 saturated heterocycles. The molecule has 0 bridgehead atoms. The maximum atomic E-state index is 10.5. The van der Waals surface area contributed by atoms with E-state index in [1.165, 1.54) is 31.4 Å². The van der Waals surface area contributed by atoms with Crippen LogP contribution < -0.4 is 15.4 Å². The Hall–Kier alpha value is -0.670. The smallest absolute Gasteiger partial charge is 0.191 e. The van der Waals surface area contributed by atoms with Crippen molar-refractivity contribution in [3.8, 4) is 5.75 Å². The van der Waals surface area contributed by atoms with Gasteiger partial charge in [-0.3, -0.25) is 4.99 Å². The van der Waals surface area contributed by atoms with Crippen LogP contribution in [0.4, 0.5) is 0 Å². The highest BCUT2D eigenvalue weighted by atomic mass is 127. The lowest BCUT2D eigenvalue weighted by molar-refractivity contribution is 0.186. The molecule has 1 fully saturated rings. The molecular weight excluding hydrogens is 473 g/mol. The SMILES string of the molecule is CCNC(=NCC(O)c1cccc(OC)c1)NC1CCCC(SCC)C1.I. The van der Waals surface area contributed by atoms with Crippen LogP contribution in [0.5, 0.6) is 5.75 Å². The van der Waals surface area contributed by atoms with Gasteiger partial charge in [0.05, 0.1) is 19.8 Å². The summed E-state index contributed by atoms with van der Waals surface area (Å²) >= 11 is 2.06. The fraction of sp³-hybridized carbons (Fsp3) is 0.650. The van der Waals surface area contributed by atoms with Gasteiger partial charge in [0.1, 0.15) is 5.75 Å². The van der Waals surface area contributed by atoms with Crippen LogP contribution in [0.1, 0.15) is 51.2 Å². The number of aliphatic hydroxyl groups is 1. The van der Waals surface area contributed by atoms with Crippen LogP contribution in [0.25, 0.3) is 0 Å². The Morgan fingerprint density at radius 2 is 2.19 bits per heavy atom. The molecule has 5 nitrogen and oxygen atoms in total. The van der Waals surface area contributed by atoms with Crippen molar-refractivity contribution in [1.29, 1.82) is 0 Å². The zero-order chi connectivity index (χ0) is 18.8. The van der Waals surface area contributed by atoms with Gasteiger partial charge in [0, 0.05) is 17.8 Å². The van der Waals surface area contributed by atoms with Gasteiger partial charge in [0.25, 0.3) is 0 Å². The van der Waals surface area contributed by atoms with Gasteiger partial charge in [-0.05, 0) is 49.6 Å². The van der Waals surface area contributed by atoms with Gasteiger partial charge >= 0.3 is 0 Å². The van der Waals surface area contributed by atoms with Crippen LogP contribution in [0, 0.1) is 0 Å². The van der Waals surface area contributed by atoms with Crippen LogP contribution in [-0.2, 0) is 0 Å². The first-order valence-electron chi connectivity index (χ1n) is 9.64. The molecule has 0 aromatic heterocycles. The molecule has 0 radical (unpaired) electrons. The summed E-state index contributed by atoms with van der Waals surface area (Å²) in [6.07, 6.45) is 4.31. The van der Waals surface area contributed by atoms with Gasteiger partial charge in [-0.2, -0.15) is 11.8 Å². The van der Waals surface area contributed by atoms with E-state index in [9.17, 15) is 5.11 Å². The number of thioether (sulfide) groups is 1. The van der Waals surface area contributed by atoms with Gasteiger partial charge in [-0.1, -0.05) is 25.5 Å². The highest BCUT2D eigenvalue weighted by Gasteiger charge is 2.22. The van der Waals surface area contributed by atoms with E-state index in [-0.39, 0.29) is 24.0 Å². The molecule has 27 heavy (non-hydrogen) atoms. The van der Waals surface area contributed by atoms with Crippen molar-refractivity contribution in [2.24, 2.45) is 4.99 Å². The highest BCUT2D eigenvalue weighted by Crippen LogP contribution is 2.28. The number of hydrogen-bond acceptors (Lipinski definition) is 4. The zero-order valence-corrected chi connectivity index (χ0v) is 19.8. The Morgan fingerprint density at radius 3 is 2.89 bits per heavy atom. The molecule has 0 aliphatic heterocycles. The second kappa shape index (κ2) is 13.5. The number of guanidine groups is 1. The molecule has 3 N–H and O–H groups in total. The third-order valence-corrected chi connectivity index (χ3v) is 5.85. The van der Waals surface area contributed by atoms with Crippen molar-refractivity contribution < 1.29 is 9.84 Å². The summed E-state index contributed by atoms with van der Waals surface area (Å²) in [5.74, 6) is 2.72. The summed E-state index contributed by atoms with van der Waals surface area (Å²) in [7, 11) is 1.63. The van der Waals surface area contributed by atoms with Gasteiger partial charge in [0.2, 0.25) is 0 Å². The van der Waals surface area contributed by atoms with E-state index in [1.807, 2.05) is 24.3 Å². The lowest BCUT2D eigenvalue weighted by Crippen LogP contribution is -2.46. The Morgan fingerprint density at radius 1 is 1.37 bits per heavy atom. The summed E-state index contributed by atoms with van der Waals surface area (Å²) in [6, 6.07) is 7.97. The largest absolute Gasteiger partial charge is 0.497 e. The summed E-state index contributed by atoms with van der Waals surface area (Å²) in [5, 5.41) is 18.1. The molecule has 0 heterocycles. The average molecular weight is 507 g/mol. The Bertz CT molecular complexity index is 572. The minimum atomic E-state index is -0.643. The second-order valence-electron chi connectivity index (χ2n) is 6.60. The molecule has 2 rings (SSSR count). The number of ether oxygens (including phenoxy) is 1. The number of rotatable bonds is 8. The molecule has 0 amide bonds. The summed E-state index contributed by atoms with van der Waals surface area (Å²) in [4.78, 5) is 4.61. The molecule has 154 valence electrons. The minimum Gasteiger partial charge on any atom is -0.497 e. The molecular formula is C20H34IN3O2S. The van der Waals surface area contributed by atoms with E-state index in [1.54, 1.807) is 7.11 Å². The van der Waals surface area contributed by atoms with E-state index < -0.39 is 6.10 Å². The maximum absolute atomic E-state index is 10.5. The normalized spacial score (nSPS) is 21.1. The zero-order valence-electron chi connectivity index (χ0n) is 16.6. The van der Waals surface area contributed by atoms with E-state index in [0.717, 1.165) is 29.1 Å². The molecule has 1 aliphatic rings. The molecule has 7 heteroatoms. The Labute approximate surface area is 185 Å².